The first kappa shape index (κ1) is 49.9. The Labute approximate surface area is 330 Å². The third-order valence-corrected chi connectivity index (χ3v) is 12.0. The number of esters is 2. The third kappa shape index (κ3) is 28.0. The minimum atomic E-state index is -0.410. The first-order valence-corrected chi connectivity index (χ1v) is 23.4. The van der Waals surface area contributed by atoms with Gasteiger partial charge in [0.15, 0.2) is 0 Å². The van der Waals surface area contributed by atoms with Crippen LogP contribution >= 0.6 is 0 Å². The van der Waals surface area contributed by atoms with E-state index in [0.717, 1.165) is 77.4 Å². The summed E-state index contributed by atoms with van der Waals surface area (Å²) in [5, 5.41) is 9.65. The quantitative estimate of drug-likeness (QED) is 0.0496. The highest BCUT2D eigenvalue weighted by molar-refractivity contribution is 5.75. The number of carbonyl (C=O) groups excluding carboxylic acids is 2. The molecule has 0 aromatic rings. The highest BCUT2D eigenvalue weighted by Crippen LogP contribution is 2.53. The molecule has 0 aromatic heterocycles. The van der Waals surface area contributed by atoms with E-state index in [2.05, 4.69) is 25.7 Å². The van der Waals surface area contributed by atoms with E-state index >= 15 is 0 Å². The van der Waals surface area contributed by atoms with Crippen molar-refractivity contribution < 1.29 is 24.2 Å². The maximum atomic E-state index is 12.9. The monoisotopic (exact) mass is 750 g/mol. The molecule has 6 nitrogen and oxygen atoms in total. The standard InChI is InChI=1S/C47H91NO5/c1-6-9-12-15-16-21-29-40-52-45(51)46(4,5)32-25-19-20-27-36-48(38-39-49)37-28-22-26-33-47(34-35-47)41-44(50)53-42-43(30-23-17-13-10-7-2)31-24-18-14-11-8-3/h43,49H,6-42H2,1-5H3. The van der Waals surface area contributed by atoms with Crippen LogP contribution in [-0.4, -0.2) is 61.4 Å². The van der Waals surface area contributed by atoms with Gasteiger partial charge in [0.1, 0.15) is 0 Å². The van der Waals surface area contributed by atoms with E-state index in [9.17, 15) is 14.7 Å². The van der Waals surface area contributed by atoms with Gasteiger partial charge in [0.25, 0.3) is 0 Å². The van der Waals surface area contributed by atoms with Crippen LogP contribution in [0, 0.1) is 16.7 Å². The first-order chi connectivity index (χ1) is 25.7. The lowest BCUT2D eigenvalue weighted by molar-refractivity contribution is -0.154. The molecule has 0 radical (unpaired) electrons. The largest absolute Gasteiger partial charge is 0.465 e. The molecule has 1 rings (SSSR count). The predicted octanol–water partition coefficient (Wildman–Crippen LogP) is 13.2. The molecule has 1 saturated carbocycles. The Kier molecular flexibility index (Phi) is 31.1. The number of ether oxygens (including phenoxy) is 2. The van der Waals surface area contributed by atoms with Crippen LogP contribution < -0.4 is 0 Å². The Bertz CT molecular complexity index is 842. The van der Waals surface area contributed by atoms with Gasteiger partial charge in [-0.15, -0.1) is 0 Å². The molecule has 0 atom stereocenters. The summed E-state index contributed by atoms with van der Waals surface area (Å²) in [6, 6.07) is 0. The molecule has 0 unspecified atom stereocenters. The molecule has 0 heterocycles. The van der Waals surface area contributed by atoms with Crippen molar-refractivity contribution in [2.75, 3.05) is 39.5 Å². The second-order valence-electron chi connectivity index (χ2n) is 17.8. The summed E-state index contributed by atoms with van der Waals surface area (Å²) in [5.74, 6) is 0.535. The number of rotatable bonds is 40. The van der Waals surface area contributed by atoms with Crippen LogP contribution in [-0.2, 0) is 19.1 Å². The van der Waals surface area contributed by atoms with Crippen LogP contribution in [0.4, 0.5) is 0 Å². The lowest BCUT2D eigenvalue weighted by atomic mass is 9.87. The van der Waals surface area contributed by atoms with Crippen molar-refractivity contribution >= 4 is 11.9 Å². The summed E-state index contributed by atoms with van der Waals surface area (Å²) in [5.41, 5.74) is -0.205. The number of hydrogen-bond donors (Lipinski definition) is 1. The molecule has 6 heteroatoms. The molecule has 53 heavy (non-hydrogen) atoms. The molecule has 1 aliphatic carbocycles. The minimum Gasteiger partial charge on any atom is -0.465 e. The SMILES string of the molecule is CCCCCCCCCOC(=O)C(C)(C)CCCCCCN(CCO)CCCCCC1(CC(=O)OCC(CCCCCCC)CCCCCCC)CC1. The van der Waals surface area contributed by atoms with Crippen molar-refractivity contribution in [2.24, 2.45) is 16.7 Å². The maximum absolute atomic E-state index is 12.9. The number of aliphatic hydroxyl groups excluding tert-OH is 1. The fourth-order valence-electron chi connectivity index (χ4n) is 7.91. The summed E-state index contributed by atoms with van der Waals surface area (Å²) >= 11 is 0. The molecule has 1 fully saturated rings. The Balaban J connectivity index is 2.22. The summed E-state index contributed by atoms with van der Waals surface area (Å²) in [4.78, 5) is 28.0. The predicted molar refractivity (Wildman–Crippen MR) is 225 cm³/mol. The second kappa shape index (κ2) is 33.0. The van der Waals surface area contributed by atoms with Crippen LogP contribution in [0.1, 0.15) is 234 Å². The Morgan fingerprint density at radius 3 is 1.66 bits per heavy atom. The summed E-state index contributed by atoms with van der Waals surface area (Å²) in [6.45, 7) is 15.0. The molecule has 1 N–H and O–H groups in total. The van der Waals surface area contributed by atoms with Crippen molar-refractivity contribution in [3.63, 3.8) is 0 Å². The molecule has 0 aromatic carbocycles. The van der Waals surface area contributed by atoms with Crippen molar-refractivity contribution in [3.05, 3.63) is 0 Å². The lowest BCUT2D eigenvalue weighted by Gasteiger charge is -2.23. The highest BCUT2D eigenvalue weighted by Gasteiger charge is 2.44. The average molecular weight is 750 g/mol. The van der Waals surface area contributed by atoms with Gasteiger partial charge in [-0.25, -0.2) is 0 Å². The van der Waals surface area contributed by atoms with Crippen LogP contribution in [0.3, 0.4) is 0 Å². The van der Waals surface area contributed by atoms with E-state index in [-0.39, 0.29) is 24.0 Å². The smallest absolute Gasteiger partial charge is 0.311 e. The summed E-state index contributed by atoms with van der Waals surface area (Å²) < 4.78 is 11.6. The number of unbranched alkanes of at least 4 members (excludes halogenated alkanes) is 19. The van der Waals surface area contributed by atoms with Crippen molar-refractivity contribution in [1.29, 1.82) is 0 Å². The van der Waals surface area contributed by atoms with E-state index in [0.29, 0.717) is 25.6 Å². The van der Waals surface area contributed by atoms with Gasteiger partial charge >= 0.3 is 11.9 Å². The van der Waals surface area contributed by atoms with Crippen LogP contribution in [0.2, 0.25) is 0 Å². The third-order valence-electron chi connectivity index (χ3n) is 12.0. The normalized spacial score (nSPS) is 14.0. The van der Waals surface area contributed by atoms with Crippen LogP contribution in [0.5, 0.6) is 0 Å². The summed E-state index contributed by atoms with van der Waals surface area (Å²) in [7, 11) is 0. The second-order valence-corrected chi connectivity index (χ2v) is 17.8. The molecule has 0 bridgehead atoms. The van der Waals surface area contributed by atoms with Gasteiger partial charge in [-0.05, 0) is 96.1 Å². The van der Waals surface area contributed by atoms with Gasteiger partial charge in [0, 0.05) is 6.54 Å². The maximum Gasteiger partial charge on any atom is 0.311 e. The van der Waals surface area contributed by atoms with Gasteiger partial charge in [-0.1, -0.05) is 156 Å². The van der Waals surface area contributed by atoms with Gasteiger partial charge < -0.3 is 19.5 Å². The van der Waals surface area contributed by atoms with E-state index < -0.39 is 5.41 Å². The number of carbonyl (C=O) groups is 2. The van der Waals surface area contributed by atoms with Crippen LogP contribution in [0.15, 0.2) is 0 Å². The Morgan fingerprint density at radius 2 is 1.11 bits per heavy atom. The lowest BCUT2D eigenvalue weighted by Crippen LogP contribution is -2.29. The summed E-state index contributed by atoms with van der Waals surface area (Å²) in [6.07, 6.45) is 37.0. The fraction of sp³-hybridized carbons (Fsp3) is 0.957. The van der Waals surface area contributed by atoms with E-state index in [1.807, 2.05) is 13.8 Å². The van der Waals surface area contributed by atoms with E-state index in [4.69, 9.17) is 9.47 Å². The first-order valence-electron chi connectivity index (χ1n) is 23.4. The minimum absolute atomic E-state index is 0.0408. The van der Waals surface area contributed by atoms with Gasteiger partial charge in [-0.3, -0.25) is 9.59 Å². The van der Waals surface area contributed by atoms with Crippen molar-refractivity contribution in [1.82, 2.24) is 4.90 Å². The van der Waals surface area contributed by atoms with E-state index in [1.165, 1.54) is 135 Å². The molecule has 0 aliphatic heterocycles. The van der Waals surface area contributed by atoms with Gasteiger partial charge in [-0.2, -0.15) is 0 Å². The average Bonchev–Trinajstić information content (AvgIpc) is 3.90. The number of aliphatic hydroxyl groups is 1. The molecule has 1 aliphatic rings. The number of nitrogens with zero attached hydrogens (tertiary/aromatic N) is 1. The Hall–Kier alpha value is -1.14. The molecule has 0 saturated heterocycles. The molecular weight excluding hydrogens is 659 g/mol. The topological polar surface area (TPSA) is 76.1 Å². The van der Waals surface area contributed by atoms with Crippen molar-refractivity contribution in [2.45, 2.75) is 234 Å². The zero-order valence-electron chi connectivity index (χ0n) is 36.3. The van der Waals surface area contributed by atoms with Gasteiger partial charge in [0.05, 0.1) is 31.7 Å². The van der Waals surface area contributed by atoms with E-state index in [1.54, 1.807) is 0 Å². The highest BCUT2D eigenvalue weighted by atomic mass is 16.5. The van der Waals surface area contributed by atoms with Crippen LogP contribution in [0.25, 0.3) is 0 Å². The molecule has 0 spiro atoms. The zero-order valence-corrected chi connectivity index (χ0v) is 36.3. The molecule has 314 valence electrons. The number of hydrogen-bond acceptors (Lipinski definition) is 6. The zero-order chi connectivity index (χ0) is 38.9. The Morgan fingerprint density at radius 1 is 0.623 bits per heavy atom. The van der Waals surface area contributed by atoms with Crippen molar-refractivity contribution in [3.8, 4) is 0 Å². The molecule has 0 amide bonds. The van der Waals surface area contributed by atoms with Gasteiger partial charge in [0.2, 0.25) is 0 Å². The molecular formula is C47H91NO5. The fourth-order valence-corrected chi connectivity index (χ4v) is 7.91.